The SMILES string of the molecule is CC(=O)N[C@H](C(=O)NCc1[nH]nc2ccc(C)cc12)C(C)C. The molecule has 3 N–H and O–H groups in total. The summed E-state index contributed by atoms with van der Waals surface area (Å²) in [5.41, 5.74) is 2.87. The average Bonchev–Trinajstić information content (AvgIpc) is 2.84. The van der Waals surface area contributed by atoms with Crippen molar-refractivity contribution in [2.24, 2.45) is 5.92 Å². The topological polar surface area (TPSA) is 86.9 Å². The molecule has 1 heterocycles. The molecule has 118 valence electrons. The molecule has 6 heteroatoms. The molecule has 0 unspecified atom stereocenters. The predicted molar refractivity (Wildman–Crippen MR) is 85.1 cm³/mol. The Hall–Kier alpha value is -2.37. The van der Waals surface area contributed by atoms with Gasteiger partial charge in [-0.1, -0.05) is 25.5 Å². The number of hydrogen-bond donors (Lipinski definition) is 3. The van der Waals surface area contributed by atoms with E-state index >= 15 is 0 Å². The Balaban J connectivity index is 2.08. The van der Waals surface area contributed by atoms with Gasteiger partial charge < -0.3 is 10.6 Å². The van der Waals surface area contributed by atoms with Gasteiger partial charge in [-0.25, -0.2) is 0 Å². The number of carbonyl (C=O) groups excluding carboxylic acids is 2. The van der Waals surface area contributed by atoms with Crippen molar-refractivity contribution < 1.29 is 9.59 Å². The Bertz CT molecular complexity index is 691. The number of fused-ring (bicyclic) bond motifs is 1. The monoisotopic (exact) mass is 302 g/mol. The van der Waals surface area contributed by atoms with E-state index in [0.717, 1.165) is 22.2 Å². The fourth-order valence-corrected chi connectivity index (χ4v) is 2.35. The summed E-state index contributed by atoms with van der Waals surface area (Å²) in [6.45, 7) is 7.57. The van der Waals surface area contributed by atoms with Crippen LogP contribution < -0.4 is 10.6 Å². The van der Waals surface area contributed by atoms with Gasteiger partial charge in [0.1, 0.15) is 6.04 Å². The molecule has 0 bridgehead atoms. The lowest BCUT2D eigenvalue weighted by Crippen LogP contribution is -2.48. The summed E-state index contributed by atoms with van der Waals surface area (Å²) in [5.74, 6) is -0.387. The number of hydrogen-bond acceptors (Lipinski definition) is 3. The molecule has 0 fully saturated rings. The Kier molecular flexibility index (Phi) is 4.80. The summed E-state index contributed by atoms with van der Waals surface area (Å²) >= 11 is 0. The molecule has 22 heavy (non-hydrogen) atoms. The minimum atomic E-state index is -0.534. The number of nitrogens with one attached hydrogen (secondary N) is 3. The smallest absolute Gasteiger partial charge is 0.243 e. The van der Waals surface area contributed by atoms with Crippen molar-refractivity contribution in [2.45, 2.75) is 40.3 Å². The number of amides is 2. The number of carbonyl (C=O) groups is 2. The molecule has 0 saturated carbocycles. The van der Waals surface area contributed by atoms with Crippen LogP contribution in [0.3, 0.4) is 0 Å². The van der Waals surface area contributed by atoms with Crippen molar-refractivity contribution in [3.8, 4) is 0 Å². The number of H-pyrrole nitrogens is 1. The molecule has 6 nitrogen and oxygen atoms in total. The number of aromatic nitrogens is 2. The molecule has 1 aromatic carbocycles. The van der Waals surface area contributed by atoms with E-state index in [2.05, 4.69) is 20.8 Å². The van der Waals surface area contributed by atoms with Crippen LogP contribution in [-0.4, -0.2) is 28.1 Å². The number of aryl methyl sites for hydroxylation is 1. The van der Waals surface area contributed by atoms with Gasteiger partial charge in [-0.2, -0.15) is 5.10 Å². The molecule has 0 spiro atoms. The fraction of sp³-hybridized carbons (Fsp3) is 0.438. The Morgan fingerprint density at radius 1 is 1.32 bits per heavy atom. The largest absolute Gasteiger partial charge is 0.349 e. The molecule has 2 rings (SSSR count). The molecule has 0 radical (unpaired) electrons. The van der Waals surface area contributed by atoms with Gasteiger partial charge in [-0.3, -0.25) is 14.7 Å². The van der Waals surface area contributed by atoms with Crippen LogP contribution in [0.15, 0.2) is 18.2 Å². The third-order valence-electron chi connectivity index (χ3n) is 3.54. The highest BCUT2D eigenvalue weighted by Crippen LogP contribution is 2.17. The second kappa shape index (κ2) is 6.60. The van der Waals surface area contributed by atoms with Crippen molar-refractivity contribution in [1.82, 2.24) is 20.8 Å². The minimum absolute atomic E-state index is 0.0182. The Morgan fingerprint density at radius 3 is 2.68 bits per heavy atom. The molecular weight excluding hydrogens is 280 g/mol. The van der Waals surface area contributed by atoms with E-state index in [-0.39, 0.29) is 17.7 Å². The summed E-state index contributed by atoms with van der Waals surface area (Å²) in [4.78, 5) is 23.5. The van der Waals surface area contributed by atoms with Crippen LogP contribution in [0.4, 0.5) is 0 Å². The van der Waals surface area contributed by atoms with E-state index in [9.17, 15) is 9.59 Å². The van der Waals surface area contributed by atoms with Crippen molar-refractivity contribution in [2.75, 3.05) is 0 Å². The van der Waals surface area contributed by atoms with E-state index < -0.39 is 6.04 Å². The molecule has 0 aliphatic heterocycles. The number of benzene rings is 1. The lowest BCUT2D eigenvalue weighted by Gasteiger charge is -2.20. The lowest BCUT2D eigenvalue weighted by atomic mass is 10.0. The minimum Gasteiger partial charge on any atom is -0.349 e. The van der Waals surface area contributed by atoms with E-state index in [1.807, 2.05) is 39.0 Å². The van der Waals surface area contributed by atoms with Crippen LogP contribution in [0.1, 0.15) is 32.0 Å². The first-order valence-electron chi connectivity index (χ1n) is 7.37. The van der Waals surface area contributed by atoms with Gasteiger partial charge in [-0.15, -0.1) is 0 Å². The summed E-state index contributed by atoms with van der Waals surface area (Å²) in [6, 6.07) is 5.44. The lowest BCUT2D eigenvalue weighted by molar-refractivity contribution is -0.129. The van der Waals surface area contributed by atoms with Gasteiger partial charge in [0.2, 0.25) is 11.8 Å². The standard InChI is InChI=1S/C16H22N4O2/c1-9(2)15(18-11(4)21)16(22)17-8-14-12-7-10(3)5-6-13(12)19-20-14/h5-7,9,15H,8H2,1-4H3,(H,17,22)(H,18,21)(H,19,20)/t15-/m0/s1. The van der Waals surface area contributed by atoms with Gasteiger partial charge in [0.15, 0.2) is 0 Å². The molecule has 2 aromatic rings. The van der Waals surface area contributed by atoms with Crippen molar-refractivity contribution >= 4 is 22.7 Å². The summed E-state index contributed by atoms with van der Waals surface area (Å²) in [6.07, 6.45) is 0. The zero-order chi connectivity index (χ0) is 16.3. The number of nitrogens with zero attached hydrogens (tertiary/aromatic N) is 1. The van der Waals surface area contributed by atoms with Crippen LogP contribution in [0.5, 0.6) is 0 Å². The van der Waals surface area contributed by atoms with Gasteiger partial charge in [-0.05, 0) is 25.0 Å². The van der Waals surface area contributed by atoms with Crippen LogP contribution in [0, 0.1) is 12.8 Å². The molecule has 2 amide bonds. The number of rotatable bonds is 5. The van der Waals surface area contributed by atoms with Crippen molar-refractivity contribution in [3.63, 3.8) is 0 Å². The first-order valence-corrected chi connectivity index (χ1v) is 7.37. The van der Waals surface area contributed by atoms with Crippen LogP contribution in [-0.2, 0) is 16.1 Å². The number of aromatic amines is 1. The Labute approximate surface area is 129 Å². The zero-order valence-corrected chi connectivity index (χ0v) is 13.4. The molecule has 0 aliphatic rings. The Morgan fingerprint density at radius 2 is 2.05 bits per heavy atom. The third-order valence-corrected chi connectivity index (χ3v) is 3.54. The van der Waals surface area contributed by atoms with Crippen LogP contribution in [0.2, 0.25) is 0 Å². The van der Waals surface area contributed by atoms with E-state index in [1.165, 1.54) is 6.92 Å². The zero-order valence-electron chi connectivity index (χ0n) is 13.4. The average molecular weight is 302 g/mol. The third kappa shape index (κ3) is 3.63. The van der Waals surface area contributed by atoms with Crippen LogP contribution in [0.25, 0.3) is 10.9 Å². The normalized spacial score (nSPS) is 12.4. The second-order valence-corrected chi connectivity index (χ2v) is 5.86. The first kappa shape index (κ1) is 16.0. The predicted octanol–water partition coefficient (Wildman–Crippen LogP) is 1.65. The first-order chi connectivity index (χ1) is 10.4. The maximum absolute atomic E-state index is 12.3. The summed E-state index contributed by atoms with van der Waals surface area (Å²) < 4.78 is 0. The molecule has 1 aromatic heterocycles. The maximum atomic E-state index is 12.3. The van der Waals surface area contributed by atoms with Crippen molar-refractivity contribution in [1.29, 1.82) is 0 Å². The van der Waals surface area contributed by atoms with Gasteiger partial charge in [0, 0.05) is 12.3 Å². The molecule has 1 atom stereocenters. The summed E-state index contributed by atoms with van der Waals surface area (Å²) in [5, 5.41) is 13.7. The van der Waals surface area contributed by atoms with Gasteiger partial charge in [0.05, 0.1) is 17.8 Å². The molecule has 0 aliphatic carbocycles. The van der Waals surface area contributed by atoms with Crippen LogP contribution >= 0.6 is 0 Å². The van der Waals surface area contributed by atoms with Crippen molar-refractivity contribution in [3.05, 3.63) is 29.5 Å². The maximum Gasteiger partial charge on any atom is 0.243 e. The highest BCUT2D eigenvalue weighted by molar-refractivity contribution is 5.87. The summed E-state index contributed by atoms with van der Waals surface area (Å²) in [7, 11) is 0. The second-order valence-electron chi connectivity index (χ2n) is 5.86. The van der Waals surface area contributed by atoms with E-state index in [1.54, 1.807) is 0 Å². The highest BCUT2D eigenvalue weighted by atomic mass is 16.2. The molecule has 0 saturated heterocycles. The van der Waals surface area contributed by atoms with E-state index in [4.69, 9.17) is 0 Å². The highest BCUT2D eigenvalue weighted by Gasteiger charge is 2.22. The molecular formula is C16H22N4O2. The van der Waals surface area contributed by atoms with E-state index in [0.29, 0.717) is 6.54 Å². The van der Waals surface area contributed by atoms with Gasteiger partial charge >= 0.3 is 0 Å². The quantitative estimate of drug-likeness (QED) is 0.785. The fourth-order valence-electron chi connectivity index (χ4n) is 2.35. The van der Waals surface area contributed by atoms with Gasteiger partial charge in [0.25, 0.3) is 0 Å².